The maximum atomic E-state index is 12.4. The first-order valence-electron chi connectivity index (χ1n) is 7.27. The van der Waals surface area contributed by atoms with Crippen molar-refractivity contribution in [2.24, 2.45) is 5.10 Å². The summed E-state index contributed by atoms with van der Waals surface area (Å²) in [5.74, 6) is -0.0544. The van der Waals surface area contributed by atoms with E-state index in [1.807, 2.05) is 36.4 Å². The van der Waals surface area contributed by atoms with Crippen LogP contribution in [0.2, 0.25) is 0 Å². The summed E-state index contributed by atoms with van der Waals surface area (Å²) < 4.78 is 0. The van der Waals surface area contributed by atoms with Crippen molar-refractivity contribution in [1.29, 1.82) is 0 Å². The molecule has 0 heterocycles. The van der Waals surface area contributed by atoms with E-state index in [9.17, 15) is 9.90 Å². The number of carbonyl (C=O) groups excluding carboxylic acids is 1. The number of hydrogen-bond acceptors (Lipinski definition) is 3. The van der Waals surface area contributed by atoms with Crippen molar-refractivity contribution in [3.05, 3.63) is 77.9 Å². The Bertz CT molecular complexity index is 878. The third-order valence-electron chi connectivity index (χ3n) is 3.64. The van der Waals surface area contributed by atoms with Crippen molar-refractivity contribution in [1.82, 2.24) is 5.43 Å². The quantitative estimate of drug-likeness (QED) is 0.572. The Kier molecular flexibility index (Phi) is 4.06. The van der Waals surface area contributed by atoms with Crippen LogP contribution in [0.4, 0.5) is 0 Å². The zero-order chi connectivity index (χ0) is 16.2. The van der Waals surface area contributed by atoms with Crippen LogP contribution in [-0.2, 0) is 0 Å². The summed E-state index contributed by atoms with van der Waals surface area (Å²) in [6, 6.07) is 20.0. The third-order valence-corrected chi connectivity index (χ3v) is 3.64. The molecule has 3 rings (SSSR count). The summed E-state index contributed by atoms with van der Waals surface area (Å²) in [6.45, 7) is 1.80. The SMILES string of the molecule is C/C(=N\NC(=O)c1cccc2ccccc12)c1ccc(O)cc1. The Labute approximate surface area is 134 Å². The lowest BCUT2D eigenvalue weighted by Crippen LogP contribution is -2.19. The van der Waals surface area contributed by atoms with Gasteiger partial charge in [0, 0.05) is 5.56 Å². The van der Waals surface area contributed by atoms with Gasteiger partial charge in [-0.05, 0) is 53.6 Å². The molecular weight excluding hydrogens is 288 g/mol. The summed E-state index contributed by atoms with van der Waals surface area (Å²) in [7, 11) is 0. The molecule has 4 heteroatoms. The van der Waals surface area contributed by atoms with Crippen LogP contribution in [0.1, 0.15) is 22.8 Å². The molecule has 0 saturated carbocycles. The second-order valence-electron chi connectivity index (χ2n) is 5.21. The highest BCUT2D eigenvalue weighted by molar-refractivity contribution is 6.07. The fourth-order valence-corrected chi connectivity index (χ4v) is 2.39. The number of nitrogens with one attached hydrogen (secondary N) is 1. The monoisotopic (exact) mass is 304 g/mol. The van der Waals surface area contributed by atoms with Gasteiger partial charge in [-0.25, -0.2) is 5.43 Å². The molecule has 0 aliphatic rings. The molecule has 0 unspecified atom stereocenters. The first-order valence-corrected chi connectivity index (χ1v) is 7.27. The van der Waals surface area contributed by atoms with Gasteiger partial charge in [-0.2, -0.15) is 5.10 Å². The number of hydrogen-bond donors (Lipinski definition) is 2. The van der Waals surface area contributed by atoms with Gasteiger partial charge in [-0.3, -0.25) is 4.79 Å². The molecule has 0 radical (unpaired) electrons. The molecule has 1 amide bonds. The van der Waals surface area contributed by atoms with Gasteiger partial charge in [-0.15, -0.1) is 0 Å². The van der Waals surface area contributed by atoms with Gasteiger partial charge in [0.15, 0.2) is 0 Å². The van der Waals surface area contributed by atoms with Gasteiger partial charge in [0.1, 0.15) is 5.75 Å². The van der Waals surface area contributed by atoms with Crippen molar-refractivity contribution in [2.75, 3.05) is 0 Å². The molecule has 3 aromatic rings. The van der Waals surface area contributed by atoms with E-state index in [1.165, 1.54) is 0 Å². The minimum atomic E-state index is -0.250. The van der Waals surface area contributed by atoms with Crippen LogP contribution in [0, 0.1) is 0 Å². The zero-order valence-electron chi connectivity index (χ0n) is 12.7. The Morgan fingerprint density at radius 3 is 2.43 bits per heavy atom. The molecule has 4 nitrogen and oxygen atoms in total. The average molecular weight is 304 g/mol. The maximum Gasteiger partial charge on any atom is 0.272 e. The number of fused-ring (bicyclic) bond motifs is 1. The minimum Gasteiger partial charge on any atom is -0.508 e. The largest absolute Gasteiger partial charge is 0.508 e. The predicted octanol–water partition coefficient (Wildman–Crippen LogP) is 3.70. The Hall–Kier alpha value is -3.14. The number of phenolic OH excluding ortho intramolecular Hbond substituents is 1. The van der Waals surface area contributed by atoms with E-state index in [-0.39, 0.29) is 11.7 Å². The number of amides is 1. The van der Waals surface area contributed by atoms with E-state index in [1.54, 1.807) is 37.3 Å². The van der Waals surface area contributed by atoms with Gasteiger partial charge in [0.25, 0.3) is 5.91 Å². The highest BCUT2D eigenvalue weighted by Gasteiger charge is 2.09. The molecular formula is C19H16N2O2. The van der Waals surface area contributed by atoms with Gasteiger partial charge in [0.2, 0.25) is 0 Å². The van der Waals surface area contributed by atoms with Gasteiger partial charge in [0.05, 0.1) is 5.71 Å². The minimum absolute atomic E-state index is 0.196. The van der Waals surface area contributed by atoms with Crippen molar-refractivity contribution in [2.45, 2.75) is 6.92 Å². The van der Waals surface area contributed by atoms with Crippen molar-refractivity contribution < 1.29 is 9.90 Å². The van der Waals surface area contributed by atoms with Crippen molar-refractivity contribution in [3.8, 4) is 5.75 Å². The molecule has 0 spiro atoms. The number of nitrogens with zero attached hydrogens (tertiary/aromatic N) is 1. The maximum absolute atomic E-state index is 12.4. The van der Waals surface area contributed by atoms with E-state index in [0.717, 1.165) is 16.3 Å². The topological polar surface area (TPSA) is 61.7 Å². The van der Waals surface area contributed by atoms with Crippen LogP contribution in [0.25, 0.3) is 10.8 Å². The Morgan fingerprint density at radius 1 is 0.957 bits per heavy atom. The van der Waals surface area contributed by atoms with Crippen LogP contribution in [0.5, 0.6) is 5.75 Å². The lowest BCUT2D eigenvalue weighted by atomic mass is 10.0. The zero-order valence-corrected chi connectivity index (χ0v) is 12.7. The molecule has 2 N–H and O–H groups in total. The molecule has 23 heavy (non-hydrogen) atoms. The molecule has 0 aliphatic carbocycles. The molecule has 114 valence electrons. The smallest absolute Gasteiger partial charge is 0.272 e. The second kappa shape index (κ2) is 6.32. The van der Waals surface area contributed by atoms with E-state index in [2.05, 4.69) is 10.5 Å². The summed E-state index contributed by atoms with van der Waals surface area (Å²) in [4.78, 5) is 12.4. The lowest BCUT2D eigenvalue weighted by Gasteiger charge is -2.06. The summed E-state index contributed by atoms with van der Waals surface area (Å²) in [5, 5.41) is 15.3. The second-order valence-corrected chi connectivity index (χ2v) is 5.21. The van der Waals surface area contributed by atoms with Crippen LogP contribution >= 0.6 is 0 Å². The van der Waals surface area contributed by atoms with E-state index < -0.39 is 0 Å². The highest BCUT2D eigenvalue weighted by atomic mass is 16.3. The number of benzene rings is 3. The van der Waals surface area contributed by atoms with Gasteiger partial charge in [-0.1, -0.05) is 36.4 Å². The Morgan fingerprint density at radius 2 is 1.65 bits per heavy atom. The van der Waals surface area contributed by atoms with E-state index in [4.69, 9.17) is 0 Å². The van der Waals surface area contributed by atoms with Crippen molar-refractivity contribution in [3.63, 3.8) is 0 Å². The van der Waals surface area contributed by atoms with Gasteiger partial charge < -0.3 is 5.11 Å². The number of phenols is 1. The van der Waals surface area contributed by atoms with Crippen LogP contribution in [0.3, 0.4) is 0 Å². The molecule has 0 aliphatic heterocycles. The molecule has 0 atom stereocenters. The summed E-state index contributed by atoms with van der Waals surface area (Å²) >= 11 is 0. The first-order chi connectivity index (χ1) is 11.1. The van der Waals surface area contributed by atoms with Crippen LogP contribution in [-0.4, -0.2) is 16.7 Å². The summed E-state index contributed by atoms with van der Waals surface area (Å²) in [6.07, 6.45) is 0. The Balaban J connectivity index is 1.83. The fourth-order valence-electron chi connectivity index (χ4n) is 2.39. The summed E-state index contributed by atoms with van der Waals surface area (Å²) in [5.41, 5.74) is 4.68. The molecule has 0 saturated heterocycles. The van der Waals surface area contributed by atoms with E-state index >= 15 is 0 Å². The number of rotatable bonds is 3. The number of carbonyl (C=O) groups is 1. The molecule has 3 aromatic carbocycles. The first kappa shape index (κ1) is 14.8. The fraction of sp³-hybridized carbons (Fsp3) is 0.0526. The standard InChI is InChI=1S/C19H16N2O2/c1-13(14-9-11-16(22)12-10-14)20-21-19(23)18-8-4-6-15-5-2-3-7-17(15)18/h2-12,22H,1H3,(H,21,23)/b20-13+. The van der Waals surface area contributed by atoms with Gasteiger partial charge >= 0.3 is 0 Å². The normalized spacial score (nSPS) is 11.4. The van der Waals surface area contributed by atoms with Crippen LogP contribution in [0.15, 0.2) is 71.8 Å². The predicted molar refractivity (Wildman–Crippen MR) is 91.7 cm³/mol. The third kappa shape index (κ3) is 3.21. The highest BCUT2D eigenvalue weighted by Crippen LogP contribution is 2.18. The van der Waals surface area contributed by atoms with E-state index in [0.29, 0.717) is 11.3 Å². The molecule has 0 bridgehead atoms. The van der Waals surface area contributed by atoms with Crippen molar-refractivity contribution >= 4 is 22.4 Å². The van der Waals surface area contributed by atoms with Crippen LogP contribution < -0.4 is 5.43 Å². The number of hydrazone groups is 1. The lowest BCUT2D eigenvalue weighted by molar-refractivity contribution is 0.0956. The molecule has 0 aromatic heterocycles. The average Bonchev–Trinajstić information content (AvgIpc) is 2.59. The number of aromatic hydroxyl groups is 1. The molecule has 0 fully saturated rings.